The van der Waals surface area contributed by atoms with Gasteiger partial charge in [-0.25, -0.2) is 4.98 Å². The number of anilines is 1. The minimum Gasteiger partial charge on any atom is -0.344 e. The van der Waals surface area contributed by atoms with E-state index in [1.54, 1.807) is 11.3 Å². The lowest BCUT2D eigenvalue weighted by Crippen LogP contribution is -2.47. The van der Waals surface area contributed by atoms with Crippen molar-refractivity contribution in [2.24, 2.45) is 0 Å². The van der Waals surface area contributed by atoms with E-state index in [1.165, 1.54) is 4.88 Å². The van der Waals surface area contributed by atoms with Gasteiger partial charge in [0.25, 0.3) is 0 Å². The second-order valence-corrected chi connectivity index (χ2v) is 5.36. The topological polar surface area (TPSA) is 34.0 Å². The van der Waals surface area contributed by atoms with E-state index in [9.17, 15) is 0 Å². The highest BCUT2D eigenvalue weighted by Gasteiger charge is 2.30. The highest BCUT2D eigenvalue weighted by atomic mass is 32.1. The summed E-state index contributed by atoms with van der Waals surface area (Å²) >= 11 is 1.78. The second kappa shape index (κ2) is 3.59. The molecular weight excluding hydrogens is 220 g/mol. The van der Waals surface area contributed by atoms with Crippen molar-refractivity contribution in [3.63, 3.8) is 0 Å². The third kappa shape index (κ3) is 1.51. The van der Waals surface area contributed by atoms with Crippen molar-refractivity contribution in [2.45, 2.75) is 19.9 Å². The van der Waals surface area contributed by atoms with Crippen LogP contribution in [-0.2, 0) is 0 Å². The zero-order chi connectivity index (χ0) is 11.1. The summed E-state index contributed by atoms with van der Waals surface area (Å²) in [5.74, 6) is 0. The van der Waals surface area contributed by atoms with Crippen LogP contribution in [-0.4, -0.2) is 27.9 Å². The Kier molecular flexibility index (Phi) is 2.21. The van der Waals surface area contributed by atoms with Crippen molar-refractivity contribution < 1.29 is 0 Å². The number of hydrogen-bond donors (Lipinski definition) is 0. The van der Waals surface area contributed by atoms with Crippen LogP contribution in [0.4, 0.5) is 5.13 Å². The zero-order valence-electron chi connectivity index (χ0n) is 9.42. The van der Waals surface area contributed by atoms with Crippen molar-refractivity contribution >= 4 is 16.5 Å². The van der Waals surface area contributed by atoms with Gasteiger partial charge in [-0.05, 0) is 19.9 Å². The van der Waals surface area contributed by atoms with Crippen molar-refractivity contribution in [2.75, 3.05) is 18.0 Å². The Morgan fingerprint density at radius 2 is 2.19 bits per heavy atom. The molecule has 84 valence electrons. The fourth-order valence-electron chi connectivity index (χ4n) is 1.87. The summed E-state index contributed by atoms with van der Waals surface area (Å²) in [5.41, 5.74) is 1.16. The predicted molar refractivity (Wildman–Crippen MR) is 65.1 cm³/mol. The van der Waals surface area contributed by atoms with Crippen molar-refractivity contribution in [1.29, 1.82) is 0 Å². The molecule has 0 aromatic carbocycles. The minimum atomic E-state index is 0.513. The molecule has 1 aliphatic heterocycles. The summed E-state index contributed by atoms with van der Waals surface area (Å²) in [7, 11) is 0. The molecule has 0 N–H and O–H groups in total. The van der Waals surface area contributed by atoms with Gasteiger partial charge in [0.2, 0.25) is 0 Å². The van der Waals surface area contributed by atoms with E-state index < -0.39 is 0 Å². The second-order valence-electron chi connectivity index (χ2n) is 4.18. The Morgan fingerprint density at radius 1 is 1.38 bits per heavy atom. The molecule has 0 spiro atoms. The van der Waals surface area contributed by atoms with Crippen LogP contribution in [0.1, 0.15) is 16.6 Å². The van der Waals surface area contributed by atoms with Gasteiger partial charge in [0.05, 0.1) is 11.7 Å². The van der Waals surface area contributed by atoms with Gasteiger partial charge >= 0.3 is 0 Å². The van der Waals surface area contributed by atoms with Crippen LogP contribution in [0.2, 0.25) is 0 Å². The van der Waals surface area contributed by atoms with Crippen LogP contribution in [0.5, 0.6) is 0 Å². The summed E-state index contributed by atoms with van der Waals surface area (Å²) in [6.45, 7) is 6.24. The average Bonchev–Trinajstić information content (AvgIpc) is 2.76. The number of hydrogen-bond acceptors (Lipinski definition) is 4. The number of thiazole rings is 1. The third-order valence-corrected chi connectivity index (χ3v) is 4.18. The quantitative estimate of drug-likeness (QED) is 0.797. The largest absolute Gasteiger partial charge is 0.344 e. The Morgan fingerprint density at radius 3 is 2.75 bits per heavy atom. The van der Waals surface area contributed by atoms with Gasteiger partial charge in [-0.15, -0.1) is 11.3 Å². The van der Waals surface area contributed by atoms with Crippen LogP contribution < -0.4 is 4.90 Å². The number of aryl methyl sites for hydroxylation is 2. The Labute approximate surface area is 98.5 Å². The molecule has 4 nitrogen and oxygen atoms in total. The first-order valence-corrected chi connectivity index (χ1v) is 6.24. The molecule has 0 amide bonds. The van der Waals surface area contributed by atoms with Crippen LogP contribution in [0.25, 0.3) is 0 Å². The molecule has 5 heteroatoms. The molecule has 0 radical (unpaired) electrons. The molecule has 0 atom stereocenters. The maximum atomic E-state index is 4.56. The average molecular weight is 234 g/mol. The van der Waals surface area contributed by atoms with Crippen LogP contribution in [0, 0.1) is 13.8 Å². The molecular formula is C11H14N4S. The number of aromatic nitrogens is 3. The maximum Gasteiger partial charge on any atom is 0.185 e. The fourth-order valence-corrected chi connectivity index (χ4v) is 2.79. The summed E-state index contributed by atoms with van der Waals surface area (Å²) < 4.78 is 2.03. The molecule has 1 fully saturated rings. The van der Waals surface area contributed by atoms with Crippen LogP contribution in [0.3, 0.4) is 0 Å². The van der Waals surface area contributed by atoms with Gasteiger partial charge < -0.3 is 4.90 Å². The van der Waals surface area contributed by atoms with Gasteiger partial charge in [-0.3, -0.25) is 4.68 Å². The van der Waals surface area contributed by atoms with Gasteiger partial charge in [0.15, 0.2) is 5.13 Å². The lowest BCUT2D eigenvalue weighted by Gasteiger charge is -2.38. The lowest BCUT2D eigenvalue weighted by atomic mass is 10.1. The summed E-state index contributed by atoms with van der Waals surface area (Å²) in [4.78, 5) is 8.20. The maximum absolute atomic E-state index is 4.56. The fraction of sp³-hybridized carbons (Fsp3) is 0.455. The predicted octanol–water partition coefficient (Wildman–Crippen LogP) is 2.02. The Balaban J connectivity index is 1.69. The summed E-state index contributed by atoms with van der Waals surface area (Å²) in [6, 6.07) is 2.49. The van der Waals surface area contributed by atoms with Crippen LogP contribution >= 0.6 is 11.3 Å². The Hall–Kier alpha value is -1.36. The summed E-state index contributed by atoms with van der Waals surface area (Å²) in [6.07, 6.45) is 3.86. The third-order valence-electron chi connectivity index (χ3n) is 3.05. The molecule has 0 saturated carbocycles. The molecule has 16 heavy (non-hydrogen) atoms. The normalized spacial score (nSPS) is 16.5. The smallest absolute Gasteiger partial charge is 0.185 e. The molecule has 2 aromatic rings. The molecule has 3 heterocycles. The van der Waals surface area contributed by atoms with E-state index in [1.807, 2.05) is 23.1 Å². The first kappa shape index (κ1) is 9.84. The lowest BCUT2D eigenvalue weighted by molar-refractivity contribution is 0.368. The summed E-state index contributed by atoms with van der Waals surface area (Å²) in [5, 5.41) is 5.41. The van der Waals surface area contributed by atoms with E-state index in [4.69, 9.17) is 0 Å². The Bertz CT molecular complexity index is 463. The van der Waals surface area contributed by atoms with Crippen molar-refractivity contribution in [1.82, 2.24) is 14.8 Å². The number of rotatable bonds is 2. The van der Waals surface area contributed by atoms with E-state index in [0.29, 0.717) is 6.04 Å². The molecule has 1 aliphatic rings. The number of nitrogens with zero attached hydrogens (tertiary/aromatic N) is 4. The molecule has 0 aliphatic carbocycles. The van der Waals surface area contributed by atoms with E-state index in [-0.39, 0.29) is 0 Å². The van der Waals surface area contributed by atoms with Crippen molar-refractivity contribution in [3.05, 3.63) is 29.0 Å². The zero-order valence-corrected chi connectivity index (χ0v) is 10.2. The van der Waals surface area contributed by atoms with E-state index in [2.05, 4.69) is 28.8 Å². The molecule has 2 aromatic heterocycles. The molecule has 1 saturated heterocycles. The highest BCUT2D eigenvalue weighted by molar-refractivity contribution is 7.15. The van der Waals surface area contributed by atoms with Crippen LogP contribution in [0.15, 0.2) is 18.5 Å². The first-order valence-electron chi connectivity index (χ1n) is 5.42. The van der Waals surface area contributed by atoms with E-state index in [0.717, 1.165) is 23.9 Å². The highest BCUT2D eigenvalue weighted by Crippen LogP contribution is 2.31. The monoisotopic (exact) mass is 234 g/mol. The molecule has 0 bridgehead atoms. The first-order chi connectivity index (χ1) is 7.74. The van der Waals surface area contributed by atoms with Gasteiger partial charge in [-0.1, -0.05) is 0 Å². The van der Waals surface area contributed by atoms with Gasteiger partial charge in [0.1, 0.15) is 0 Å². The SMILES string of the molecule is Cc1nc(N2CC(n3cccn3)C2)sc1C. The van der Waals surface area contributed by atoms with E-state index >= 15 is 0 Å². The standard InChI is InChI=1S/C11H14N4S/c1-8-9(2)16-11(13-8)14-6-10(7-14)15-5-3-4-12-15/h3-5,10H,6-7H2,1-2H3. The minimum absolute atomic E-state index is 0.513. The van der Waals surface area contributed by atoms with Crippen molar-refractivity contribution in [3.8, 4) is 0 Å². The van der Waals surface area contributed by atoms with Gasteiger partial charge in [-0.2, -0.15) is 5.10 Å². The van der Waals surface area contributed by atoms with Gasteiger partial charge in [0, 0.05) is 30.4 Å². The molecule has 0 unspecified atom stereocenters. The molecule has 3 rings (SSSR count).